The van der Waals surface area contributed by atoms with Gasteiger partial charge in [-0.05, 0) is 49.6 Å². The summed E-state index contributed by atoms with van der Waals surface area (Å²) < 4.78 is 5.80. The second-order valence-corrected chi connectivity index (χ2v) is 10.4. The third-order valence-electron chi connectivity index (χ3n) is 6.81. The molecule has 0 radical (unpaired) electrons. The summed E-state index contributed by atoms with van der Waals surface area (Å²) in [5.74, 6) is 0.956. The van der Waals surface area contributed by atoms with Gasteiger partial charge in [0, 0.05) is 30.0 Å². The molecular weight excluding hydrogens is 512 g/mol. The topological polar surface area (TPSA) is 108 Å². The van der Waals surface area contributed by atoms with E-state index >= 15 is 0 Å². The van der Waals surface area contributed by atoms with Crippen molar-refractivity contribution in [3.05, 3.63) is 85.0 Å². The van der Waals surface area contributed by atoms with E-state index in [2.05, 4.69) is 39.1 Å². The number of ether oxygens (including phenoxy) is 1. The van der Waals surface area contributed by atoms with E-state index in [1.807, 2.05) is 36.4 Å². The van der Waals surface area contributed by atoms with Crippen molar-refractivity contribution >= 4 is 56.3 Å². The number of aromatic nitrogens is 2. The molecule has 1 saturated carbocycles. The van der Waals surface area contributed by atoms with Gasteiger partial charge >= 0.3 is 6.03 Å². The molecule has 39 heavy (non-hydrogen) atoms. The quantitative estimate of drug-likeness (QED) is 0.239. The molecule has 4 aromatic rings. The number of thiophene rings is 1. The van der Waals surface area contributed by atoms with Crippen LogP contribution in [0.5, 0.6) is 11.6 Å². The highest BCUT2D eigenvalue weighted by molar-refractivity contribution is 7.20. The molecule has 2 atom stereocenters. The summed E-state index contributed by atoms with van der Waals surface area (Å²) in [6.07, 6.45) is 7.19. The Bertz CT molecular complexity index is 1580. The van der Waals surface area contributed by atoms with Crippen molar-refractivity contribution in [2.45, 2.75) is 31.3 Å². The van der Waals surface area contributed by atoms with Crippen molar-refractivity contribution in [3.63, 3.8) is 0 Å². The van der Waals surface area contributed by atoms with Gasteiger partial charge in [0.25, 0.3) is 0 Å². The molecule has 196 valence electrons. The Kier molecular flexibility index (Phi) is 6.45. The van der Waals surface area contributed by atoms with Crippen molar-refractivity contribution in [1.29, 1.82) is 0 Å². The molecular formula is C29H26N6O3S. The molecule has 1 unspecified atom stereocenters. The Morgan fingerprint density at radius 2 is 1.90 bits per heavy atom. The van der Waals surface area contributed by atoms with Crippen LogP contribution in [0.25, 0.3) is 15.9 Å². The summed E-state index contributed by atoms with van der Waals surface area (Å²) in [6, 6.07) is 14.7. The predicted octanol–water partition coefficient (Wildman–Crippen LogP) is 5.95. The molecule has 0 bridgehead atoms. The summed E-state index contributed by atoms with van der Waals surface area (Å²) in [7, 11) is 0. The van der Waals surface area contributed by atoms with Gasteiger partial charge in [-0.3, -0.25) is 9.69 Å². The highest BCUT2D eigenvalue weighted by Crippen LogP contribution is 2.47. The zero-order valence-corrected chi connectivity index (χ0v) is 21.8. The second kappa shape index (κ2) is 10.2. The molecule has 1 fully saturated rings. The molecule has 1 aliphatic heterocycles. The first-order valence-corrected chi connectivity index (χ1v) is 13.4. The SMILES string of the molecule is C=CC(=O)NC1CC[C@@H](NC(=C)c2sc3nccc4c3c2NC(=O)N4c2ccc(Oc3ccccc3)nc2)C1. The monoisotopic (exact) mass is 538 g/mol. The van der Waals surface area contributed by atoms with Crippen molar-refractivity contribution in [1.82, 2.24) is 20.6 Å². The molecule has 0 saturated heterocycles. The summed E-state index contributed by atoms with van der Waals surface area (Å²) in [5, 5.41) is 10.4. The van der Waals surface area contributed by atoms with Gasteiger partial charge in [0.1, 0.15) is 10.6 Å². The van der Waals surface area contributed by atoms with E-state index in [9.17, 15) is 9.59 Å². The molecule has 4 heterocycles. The van der Waals surface area contributed by atoms with E-state index in [-0.39, 0.29) is 24.0 Å². The average molecular weight is 539 g/mol. The van der Waals surface area contributed by atoms with Gasteiger partial charge in [-0.1, -0.05) is 31.4 Å². The summed E-state index contributed by atoms with van der Waals surface area (Å²) in [6.45, 7) is 7.79. The lowest BCUT2D eigenvalue weighted by Crippen LogP contribution is -2.34. The van der Waals surface area contributed by atoms with Crippen LogP contribution in [0.4, 0.5) is 21.9 Å². The minimum absolute atomic E-state index is 0.0983. The van der Waals surface area contributed by atoms with Crippen molar-refractivity contribution in [2.24, 2.45) is 0 Å². The van der Waals surface area contributed by atoms with Crippen molar-refractivity contribution < 1.29 is 14.3 Å². The number of amides is 3. The van der Waals surface area contributed by atoms with E-state index in [0.717, 1.165) is 45.7 Å². The van der Waals surface area contributed by atoms with E-state index in [1.165, 1.54) is 17.4 Å². The molecule has 3 N–H and O–H groups in total. The first kappa shape index (κ1) is 24.6. The van der Waals surface area contributed by atoms with Crippen LogP contribution in [-0.4, -0.2) is 34.0 Å². The van der Waals surface area contributed by atoms with Crippen LogP contribution in [0, 0.1) is 0 Å². The predicted molar refractivity (Wildman–Crippen MR) is 153 cm³/mol. The number of para-hydroxylation sites is 1. The number of rotatable bonds is 8. The number of benzene rings is 1. The van der Waals surface area contributed by atoms with Crippen molar-refractivity contribution in [3.8, 4) is 11.6 Å². The summed E-state index contributed by atoms with van der Waals surface area (Å²) >= 11 is 1.48. The second-order valence-electron chi connectivity index (χ2n) is 9.39. The van der Waals surface area contributed by atoms with Gasteiger partial charge in [0.2, 0.25) is 11.8 Å². The molecule has 6 rings (SSSR count). The van der Waals surface area contributed by atoms with Gasteiger partial charge in [0.15, 0.2) is 0 Å². The van der Waals surface area contributed by atoms with Gasteiger partial charge in [-0.2, -0.15) is 0 Å². The standard InChI is InChI=1S/C29H26N6O3S/c1-3-23(36)33-19-10-9-18(15-19)32-17(2)27-26-25-22(13-14-30-28(25)39-27)35(29(37)34-26)20-11-12-24(31-16-20)38-21-7-5-4-6-8-21/h3-8,11-14,16,18-19,32H,1-2,9-10,15H2,(H,33,36)(H,34,37)/t18-,19?/m1/s1. The van der Waals surface area contributed by atoms with E-state index in [1.54, 1.807) is 29.4 Å². The van der Waals surface area contributed by atoms with Gasteiger partial charge in [-0.15, -0.1) is 11.3 Å². The molecule has 3 amide bonds. The van der Waals surface area contributed by atoms with Crippen molar-refractivity contribution in [2.75, 3.05) is 10.2 Å². The molecule has 9 nitrogen and oxygen atoms in total. The molecule has 3 aromatic heterocycles. The number of hydrogen-bond donors (Lipinski definition) is 3. The fourth-order valence-corrected chi connectivity index (χ4v) is 6.10. The Morgan fingerprint density at radius 1 is 1.10 bits per heavy atom. The minimum atomic E-state index is -0.297. The zero-order chi connectivity index (χ0) is 26.9. The average Bonchev–Trinajstić information content (AvgIpc) is 3.55. The minimum Gasteiger partial charge on any atom is -0.439 e. The summed E-state index contributed by atoms with van der Waals surface area (Å²) in [4.78, 5) is 37.3. The third-order valence-corrected chi connectivity index (χ3v) is 7.96. The normalized spacial score (nSPS) is 17.9. The number of anilines is 3. The number of nitrogens with zero attached hydrogens (tertiary/aromatic N) is 3. The maximum absolute atomic E-state index is 13.4. The van der Waals surface area contributed by atoms with Crippen LogP contribution in [0.3, 0.4) is 0 Å². The fraction of sp³-hybridized carbons (Fsp3) is 0.172. The smallest absolute Gasteiger partial charge is 0.331 e. The van der Waals surface area contributed by atoms with Crippen LogP contribution in [0.2, 0.25) is 0 Å². The van der Waals surface area contributed by atoms with Gasteiger partial charge < -0.3 is 20.7 Å². The highest BCUT2D eigenvalue weighted by atomic mass is 32.1. The van der Waals surface area contributed by atoms with E-state index < -0.39 is 0 Å². The lowest BCUT2D eigenvalue weighted by Gasteiger charge is -2.28. The Balaban J connectivity index is 1.24. The number of carbonyl (C=O) groups is 2. The van der Waals surface area contributed by atoms with Crippen LogP contribution >= 0.6 is 11.3 Å². The maximum atomic E-state index is 13.4. The Labute approximate surface area is 229 Å². The lowest BCUT2D eigenvalue weighted by molar-refractivity contribution is -0.117. The first-order chi connectivity index (χ1) is 19.0. The Morgan fingerprint density at radius 3 is 2.64 bits per heavy atom. The number of carbonyl (C=O) groups excluding carboxylic acids is 2. The van der Waals surface area contributed by atoms with Crippen LogP contribution in [0.1, 0.15) is 24.1 Å². The molecule has 0 spiro atoms. The Hall–Kier alpha value is -4.70. The lowest BCUT2D eigenvalue weighted by atomic mass is 10.1. The van der Waals surface area contributed by atoms with Gasteiger partial charge in [0.05, 0.1) is 33.5 Å². The fourth-order valence-electron chi connectivity index (χ4n) is 5.04. The molecule has 1 aromatic carbocycles. The van der Waals surface area contributed by atoms with E-state index in [4.69, 9.17) is 4.74 Å². The van der Waals surface area contributed by atoms with Gasteiger partial charge in [-0.25, -0.2) is 14.8 Å². The molecule has 10 heteroatoms. The van der Waals surface area contributed by atoms with Crippen LogP contribution in [0.15, 0.2) is 80.2 Å². The zero-order valence-electron chi connectivity index (χ0n) is 21.0. The molecule has 2 aliphatic rings. The molecule has 1 aliphatic carbocycles. The van der Waals surface area contributed by atoms with E-state index in [0.29, 0.717) is 23.0 Å². The largest absolute Gasteiger partial charge is 0.439 e. The highest BCUT2D eigenvalue weighted by Gasteiger charge is 2.33. The maximum Gasteiger partial charge on any atom is 0.331 e. The number of nitrogens with one attached hydrogen (secondary N) is 3. The number of pyridine rings is 2. The number of hydrogen-bond acceptors (Lipinski definition) is 7. The summed E-state index contributed by atoms with van der Waals surface area (Å²) in [5.41, 5.74) is 2.75. The van der Waals surface area contributed by atoms with Crippen LogP contribution in [-0.2, 0) is 4.79 Å². The van der Waals surface area contributed by atoms with Crippen LogP contribution < -0.4 is 25.6 Å². The number of urea groups is 1. The first-order valence-electron chi connectivity index (χ1n) is 12.6. The third kappa shape index (κ3) is 4.82.